The summed E-state index contributed by atoms with van der Waals surface area (Å²) in [6, 6.07) is 0. The largest absolute Gasteiger partial charge is 0.375 e. The number of methoxy groups -OCH3 is 1. The minimum atomic E-state index is 0.213. The van der Waals surface area contributed by atoms with Gasteiger partial charge in [0.1, 0.15) is 0 Å². The maximum atomic E-state index is 5.42. The zero-order valence-corrected chi connectivity index (χ0v) is 8.92. The topological polar surface area (TPSA) is 21.6 Å². The number of hydrogen-bond acceptors (Lipinski definition) is 2. The molecule has 2 heteroatoms. The fourth-order valence-electron chi connectivity index (χ4n) is 1.40. The number of nitrogens with zero attached hydrogens (tertiary/aromatic N) is 1. The van der Waals surface area contributed by atoms with Gasteiger partial charge in [0.15, 0.2) is 0 Å². The SMILES string of the molecule is CC/C(=N/C)[C@H](OC)[C@@H](C)CC. The first kappa shape index (κ1) is 11.6. The lowest BCUT2D eigenvalue weighted by Gasteiger charge is -2.22. The van der Waals surface area contributed by atoms with E-state index in [1.807, 2.05) is 7.05 Å². The molecule has 0 spiro atoms. The molecule has 0 aliphatic heterocycles. The number of rotatable bonds is 5. The van der Waals surface area contributed by atoms with Crippen molar-refractivity contribution in [1.82, 2.24) is 0 Å². The summed E-state index contributed by atoms with van der Waals surface area (Å²) in [5.74, 6) is 0.564. The molecule has 0 aromatic heterocycles. The van der Waals surface area contributed by atoms with Gasteiger partial charge in [-0.15, -0.1) is 0 Å². The quantitative estimate of drug-likeness (QED) is 0.582. The van der Waals surface area contributed by atoms with Crippen molar-refractivity contribution in [2.24, 2.45) is 10.9 Å². The van der Waals surface area contributed by atoms with Crippen molar-refractivity contribution in [3.63, 3.8) is 0 Å². The van der Waals surface area contributed by atoms with Crippen molar-refractivity contribution in [2.75, 3.05) is 14.2 Å². The van der Waals surface area contributed by atoms with Gasteiger partial charge < -0.3 is 4.74 Å². The second kappa shape index (κ2) is 6.18. The van der Waals surface area contributed by atoms with Crippen LogP contribution in [-0.2, 0) is 4.74 Å². The van der Waals surface area contributed by atoms with Gasteiger partial charge in [0.2, 0.25) is 0 Å². The summed E-state index contributed by atoms with van der Waals surface area (Å²) in [6.45, 7) is 6.51. The molecule has 0 saturated heterocycles. The molecule has 0 amide bonds. The van der Waals surface area contributed by atoms with E-state index in [9.17, 15) is 0 Å². The molecule has 0 unspecified atom stereocenters. The average molecular weight is 171 g/mol. The molecule has 0 bridgehead atoms. The van der Waals surface area contributed by atoms with Crippen LogP contribution in [0.2, 0.25) is 0 Å². The third-order valence-corrected chi connectivity index (χ3v) is 2.39. The number of hydrogen-bond donors (Lipinski definition) is 0. The van der Waals surface area contributed by atoms with Gasteiger partial charge in [0, 0.05) is 19.9 Å². The van der Waals surface area contributed by atoms with E-state index in [0.29, 0.717) is 5.92 Å². The van der Waals surface area contributed by atoms with E-state index in [1.165, 1.54) is 5.71 Å². The van der Waals surface area contributed by atoms with Crippen LogP contribution in [-0.4, -0.2) is 26.0 Å². The molecule has 0 aliphatic rings. The number of aliphatic imine (C=N–C) groups is 1. The van der Waals surface area contributed by atoms with E-state index in [1.54, 1.807) is 7.11 Å². The van der Waals surface area contributed by atoms with E-state index in [4.69, 9.17) is 4.74 Å². The Bertz CT molecular complexity index is 143. The zero-order chi connectivity index (χ0) is 9.56. The van der Waals surface area contributed by atoms with Gasteiger partial charge in [0.25, 0.3) is 0 Å². The molecule has 0 aromatic rings. The van der Waals surface area contributed by atoms with E-state index in [2.05, 4.69) is 25.8 Å². The molecule has 72 valence electrons. The summed E-state index contributed by atoms with van der Waals surface area (Å²) >= 11 is 0. The third-order valence-electron chi connectivity index (χ3n) is 2.39. The molecule has 0 heterocycles. The summed E-state index contributed by atoms with van der Waals surface area (Å²) in [5.41, 5.74) is 1.17. The van der Waals surface area contributed by atoms with E-state index >= 15 is 0 Å². The lowest BCUT2D eigenvalue weighted by atomic mass is 9.96. The predicted octanol–water partition coefficient (Wildman–Crippen LogP) is 2.53. The van der Waals surface area contributed by atoms with Crippen molar-refractivity contribution < 1.29 is 4.74 Å². The summed E-state index contributed by atoms with van der Waals surface area (Å²) in [4.78, 5) is 4.24. The predicted molar refractivity (Wildman–Crippen MR) is 53.9 cm³/mol. The van der Waals surface area contributed by atoms with Gasteiger partial charge in [-0.05, 0) is 12.3 Å². The lowest BCUT2D eigenvalue weighted by Crippen LogP contribution is -2.29. The Hall–Kier alpha value is -0.370. The Balaban J connectivity index is 4.31. The normalized spacial score (nSPS) is 17.6. The Kier molecular flexibility index (Phi) is 5.99. The van der Waals surface area contributed by atoms with Crippen LogP contribution in [0.4, 0.5) is 0 Å². The lowest BCUT2D eigenvalue weighted by molar-refractivity contribution is 0.108. The molecule has 0 N–H and O–H groups in total. The summed E-state index contributed by atoms with van der Waals surface area (Å²) < 4.78 is 5.42. The van der Waals surface area contributed by atoms with Gasteiger partial charge in [-0.2, -0.15) is 0 Å². The molecule has 0 aromatic carbocycles. The summed E-state index contributed by atoms with van der Waals surface area (Å²) in [7, 11) is 3.60. The fraction of sp³-hybridized carbons (Fsp3) is 0.900. The minimum Gasteiger partial charge on any atom is -0.375 e. The molecule has 0 rings (SSSR count). The van der Waals surface area contributed by atoms with E-state index in [-0.39, 0.29) is 6.10 Å². The highest BCUT2D eigenvalue weighted by molar-refractivity contribution is 5.88. The second-order valence-electron chi connectivity index (χ2n) is 3.11. The smallest absolute Gasteiger partial charge is 0.0972 e. The number of ether oxygens (including phenoxy) is 1. The molecular formula is C10H21NO. The maximum Gasteiger partial charge on any atom is 0.0972 e. The van der Waals surface area contributed by atoms with Crippen molar-refractivity contribution in [3.05, 3.63) is 0 Å². The first-order chi connectivity index (χ1) is 5.71. The molecule has 0 aliphatic carbocycles. The second-order valence-corrected chi connectivity index (χ2v) is 3.11. The van der Waals surface area contributed by atoms with Crippen LogP contribution in [0.3, 0.4) is 0 Å². The van der Waals surface area contributed by atoms with Crippen LogP contribution in [0.1, 0.15) is 33.6 Å². The van der Waals surface area contributed by atoms with E-state index in [0.717, 1.165) is 12.8 Å². The Morgan fingerprint density at radius 2 is 2.00 bits per heavy atom. The Labute approximate surface area is 76.0 Å². The fourth-order valence-corrected chi connectivity index (χ4v) is 1.40. The highest BCUT2D eigenvalue weighted by Crippen LogP contribution is 2.13. The van der Waals surface area contributed by atoms with Gasteiger partial charge in [-0.1, -0.05) is 27.2 Å². The average Bonchev–Trinajstić information content (AvgIpc) is 2.12. The molecule has 2 nitrogen and oxygen atoms in total. The molecule has 0 saturated carbocycles. The van der Waals surface area contributed by atoms with Gasteiger partial charge in [-0.25, -0.2) is 0 Å². The monoisotopic (exact) mass is 171 g/mol. The molecular weight excluding hydrogens is 150 g/mol. The van der Waals surface area contributed by atoms with Gasteiger partial charge in [0.05, 0.1) is 6.10 Å². The first-order valence-corrected chi connectivity index (χ1v) is 4.69. The van der Waals surface area contributed by atoms with Crippen molar-refractivity contribution in [3.8, 4) is 0 Å². The van der Waals surface area contributed by atoms with Crippen LogP contribution in [0.15, 0.2) is 4.99 Å². The van der Waals surface area contributed by atoms with Crippen LogP contribution < -0.4 is 0 Å². The standard InChI is InChI=1S/C10H21NO/c1-6-8(3)10(12-5)9(7-2)11-4/h8,10H,6-7H2,1-5H3/b11-9-/t8-,10+/m0/s1. The summed E-state index contributed by atoms with van der Waals surface area (Å²) in [5, 5.41) is 0. The van der Waals surface area contributed by atoms with Crippen molar-refractivity contribution in [2.45, 2.75) is 39.7 Å². The maximum absolute atomic E-state index is 5.42. The Morgan fingerprint density at radius 3 is 2.25 bits per heavy atom. The van der Waals surface area contributed by atoms with Crippen LogP contribution in [0.5, 0.6) is 0 Å². The van der Waals surface area contributed by atoms with Gasteiger partial charge >= 0.3 is 0 Å². The van der Waals surface area contributed by atoms with E-state index < -0.39 is 0 Å². The third kappa shape index (κ3) is 2.94. The Morgan fingerprint density at radius 1 is 1.42 bits per heavy atom. The first-order valence-electron chi connectivity index (χ1n) is 4.69. The highest BCUT2D eigenvalue weighted by Gasteiger charge is 2.18. The van der Waals surface area contributed by atoms with Crippen molar-refractivity contribution in [1.29, 1.82) is 0 Å². The van der Waals surface area contributed by atoms with Crippen molar-refractivity contribution >= 4 is 5.71 Å². The zero-order valence-electron chi connectivity index (χ0n) is 8.92. The van der Waals surface area contributed by atoms with Crippen LogP contribution in [0, 0.1) is 5.92 Å². The van der Waals surface area contributed by atoms with Crippen LogP contribution >= 0.6 is 0 Å². The molecule has 12 heavy (non-hydrogen) atoms. The molecule has 0 radical (unpaired) electrons. The van der Waals surface area contributed by atoms with Gasteiger partial charge in [-0.3, -0.25) is 4.99 Å². The highest BCUT2D eigenvalue weighted by atomic mass is 16.5. The molecule has 0 fully saturated rings. The molecule has 2 atom stereocenters. The van der Waals surface area contributed by atoms with Crippen LogP contribution in [0.25, 0.3) is 0 Å². The minimum absolute atomic E-state index is 0.213. The summed E-state index contributed by atoms with van der Waals surface area (Å²) in [6.07, 6.45) is 2.33.